The molecule has 0 atom stereocenters. The van der Waals surface area contributed by atoms with E-state index in [-0.39, 0.29) is 5.91 Å². The van der Waals surface area contributed by atoms with E-state index < -0.39 is 0 Å². The summed E-state index contributed by atoms with van der Waals surface area (Å²) in [6.45, 7) is 1.91. The maximum absolute atomic E-state index is 12.4. The number of hydrogen-bond acceptors (Lipinski definition) is 5. The molecule has 0 bridgehead atoms. The molecule has 2 aromatic heterocycles. The van der Waals surface area contributed by atoms with E-state index in [0.717, 1.165) is 12.1 Å². The zero-order valence-electron chi connectivity index (χ0n) is 11.7. The average molecular weight is 274 g/mol. The lowest BCUT2D eigenvalue weighted by Crippen LogP contribution is -2.36. The number of carbonyl (C=O) groups is 1. The van der Waals surface area contributed by atoms with E-state index in [1.54, 1.807) is 17.3 Å². The summed E-state index contributed by atoms with van der Waals surface area (Å²) in [6, 6.07) is 3.81. The van der Waals surface area contributed by atoms with Crippen molar-refractivity contribution < 1.29 is 4.79 Å². The fourth-order valence-electron chi connectivity index (χ4n) is 1.75. The summed E-state index contributed by atoms with van der Waals surface area (Å²) in [5.41, 5.74) is 1.32. The van der Waals surface area contributed by atoms with Crippen LogP contribution in [0.25, 0.3) is 0 Å². The lowest BCUT2D eigenvalue weighted by Gasteiger charge is -2.23. The summed E-state index contributed by atoms with van der Waals surface area (Å²) in [7, 11) is 3.95. The van der Waals surface area contributed by atoms with Crippen LogP contribution in [0.2, 0.25) is 0 Å². The van der Waals surface area contributed by atoms with Gasteiger partial charge in [0.25, 0.3) is 5.91 Å². The Morgan fingerprint density at radius 1 is 1.30 bits per heavy atom. The van der Waals surface area contributed by atoms with Gasteiger partial charge in [-0.2, -0.15) is 15.4 Å². The van der Waals surface area contributed by atoms with E-state index in [1.807, 2.05) is 31.1 Å². The monoisotopic (exact) mass is 274 g/mol. The normalized spacial score (nSPS) is 10.8. The molecule has 0 radical (unpaired) electrons. The van der Waals surface area contributed by atoms with Crippen LogP contribution in [0.5, 0.6) is 0 Å². The molecule has 0 saturated heterocycles. The molecule has 7 heteroatoms. The van der Waals surface area contributed by atoms with Crippen LogP contribution < -0.4 is 0 Å². The number of nitrogens with zero attached hydrogens (tertiary/aromatic N) is 5. The van der Waals surface area contributed by atoms with Crippen LogP contribution in [0.3, 0.4) is 0 Å². The SMILES string of the molecule is CN(C)CCN(Cc1cccnc1)C(=O)c1cn[nH]n1. The second-order valence-electron chi connectivity index (χ2n) is 4.75. The molecule has 2 aromatic rings. The molecule has 1 amide bonds. The fourth-order valence-corrected chi connectivity index (χ4v) is 1.75. The predicted octanol–water partition coefficient (Wildman–Crippen LogP) is 0.404. The van der Waals surface area contributed by atoms with Crippen molar-refractivity contribution in [1.82, 2.24) is 30.2 Å². The van der Waals surface area contributed by atoms with E-state index in [4.69, 9.17) is 0 Å². The molecule has 1 N–H and O–H groups in total. The van der Waals surface area contributed by atoms with Gasteiger partial charge in [0.15, 0.2) is 5.69 Å². The number of hydrogen-bond donors (Lipinski definition) is 1. The molecule has 20 heavy (non-hydrogen) atoms. The van der Waals surface area contributed by atoms with Crippen molar-refractivity contribution in [3.8, 4) is 0 Å². The quantitative estimate of drug-likeness (QED) is 0.825. The smallest absolute Gasteiger partial charge is 0.276 e. The zero-order valence-corrected chi connectivity index (χ0v) is 11.7. The highest BCUT2D eigenvalue weighted by molar-refractivity contribution is 5.91. The van der Waals surface area contributed by atoms with Gasteiger partial charge in [-0.25, -0.2) is 0 Å². The van der Waals surface area contributed by atoms with Gasteiger partial charge in [-0.05, 0) is 25.7 Å². The molecule has 0 aliphatic heterocycles. The summed E-state index contributed by atoms with van der Waals surface area (Å²) in [6.07, 6.45) is 4.92. The van der Waals surface area contributed by atoms with Crippen molar-refractivity contribution in [3.63, 3.8) is 0 Å². The molecule has 0 spiro atoms. The number of carbonyl (C=O) groups excluding carboxylic acids is 1. The van der Waals surface area contributed by atoms with Gasteiger partial charge in [0, 0.05) is 32.0 Å². The van der Waals surface area contributed by atoms with Gasteiger partial charge >= 0.3 is 0 Å². The lowest BCUT2D eigenvalue weighted by atomic mass is 10.2. The highest BCUT2D eigenvalue weighted by Crippen LogP contribution is 2.07. The number of likely N-dealkylation sites (N-methyl/N-ethyl adjacent to an activating group) is 1. The Morgan fingerprint density at radius 3 is 2.75 bits per heavy atom. The minimum absolute atomic E-state index is 0.135. The predicted molar refractivity (Wildman–Crippen MR) is 73.9 cm³/mol. The Balaban J connectivity index is 2.10. The van der Waals surface area contributed by atoms with Gasteiger partial charge in [-0.15, -0.1) is 0 Å². The van der Waals surface area contributed by atoms with E-state index >= 15 is 0 Å². The third-order valence-corrected chi connectivity index (χ3v) is 2.83. The summed E-state index contributed by atoms with van der Waals surface area (Å²) in [4.78, 5) is 20.2. The first-order valence-corrected chi connectivity index (χ1v) is 6.35. The Labute approximate surface area is 117 Å². The Kier molecular flexibility index (Phi) is 4.78. The number of H-pyrrole nitrogens is 1. The molecule has 2 heterocycles. The molecular weight excluding hydrogens is 256 g/mol. The first kappa shape index (κ1) is 14.1. The van der Waals surface area contributed by atoms with Gasteiger partial charge in [-0.1, -0.05) is 6.07 Å². The van der Waals surface area contributed by atoms with Crippen LogP contribution in [-0.2, 0) is 6.54 Å². The van der Waals surface area contributed by atoms with Gasteiger partial charge < -0.3 is 9.80 Å². The summed E-state index contributed by atoms with van der Waals surface area (Å²) in [5, 5.41) is 9.99. The largest absolute Gasteiger partial charge is 0.332 e. The maximum Gasteiger partial charge on any atom is 0.276 e. The molecular formula is C13H18N6O. The van der Waals surface area contributed by atoms with Crippen molar-refractivity contribution in [2.75, 3.05) is 27.2 Å². The zero-order chi connectivity index (χ0) is 14.4. The maximum atomic E-state index is 12.4. The molecule has 0 fully saturated rings. The highest BCUT2D eigenvalue weighted by Gasteiger charge is 2.18. The number of rotatable bonds is 6. The Bertz CT molecular complexity index is 525. The van der Waals surface area contributed by atoms with E-state index in [9.17, 15) is 4.79 Å². The van der Waals surface area contributed by atoms with Gasteiger partial charge in [0.05, 0.1) is 6.20 Å². The van der Waals surface area contributed by atoms with Crippen LogP contribution in [-0.4, -0.2) is 63.3 Å². The van der Waals surface area contributed by atoms with Crippen LogP contribution >= 0.6 is 0 Å². The molecule has 0 unspecified atom stereocenters. The van der Waals surface area contributed by atoms with Crippen molar-refractivity contribution in [1.29, 1.82) is 0 Å². The molecule has 0 aliphatic carbocycles. The molecule has 7 nitrogen and oxygen atoms in total. The number of aromatic nitrogens is 4. The Morgan fingerprint density at radius 2 is 2.15 bits per heavy atom. The van der Waals surface area contributed by atoms with Crippen LogP contribution in [0.1, 0.15) is 16.1 Å². The molecule has 2 rings (SSSR count). The van der Waals surface area contributed by atoms with E-state index in [2.05, 4.69) is 20.4 Å². The minimum Gasteiger partial charge on any atom is -0.332 e. The number of pyridine rings is 1. The number of amides is 1. The second-order valence-corrected chi connectivity index (χ2v) is 4.75. The number of nitrogens with one attached hydrogen (secondary N) is 1. The highest BCUT2D eigenvalue weighted by atomic mass is 16.2. The third kappa shape index (κ3) is 3.86. The summed E-state index contributed by atoms with van der Waals surface area (Å²) >= 11 is 0. The van der Waals surface area contributed by atoms with Crippen LogP contribution in [0.15, 0.2) is 30.7 Å². The van der Waals surface area contributed by atoms with Crippen LogP contribution in [0.4, 0.5) is 0 Å². The fraction of sp³-hybridized carbons (Fsp3) is 0.385. The second kappa shape index (κ2) is 6.76. The molecule has 106 valence electrons. The summed E-state index contributed by atoms with van der Waals surface area (Å²) < 4.78 is 0. The van der Waals surface area contributed by atoms with Gasteiger partial charge in [0.2, 0.25) is 0 Å². The third-order valence-electron chi connectivity index (χ3n) is 2.83. The molecule has 0 aliphatic rings. The first-order chi connectivity index (χ1) is 9.66. The summed E-state index contributed by atoms with van der Waals surface area (Å²) in [5.74, 6) is -0.135. The molecule has 0 aromatic carbocycles. The minimum atomic E-state index is -0.135. The lowest BCUT2D eigenvalue weighted by molar-refractivity contribution is 0.0726. The van der Waals surface area contributed by atoms with E-state index in [0.29, 0.717) is 18.8 Å². The topological polar surface area (TPSA) is 78.0 Å². The first-order valence-electron chi connectivity index (χ1n) is 6.35. The van der Waals surface area contributed by atoms with Crippen molar-refractivity contribution >= 4 is 5.91 Å². The van der Waals surface area contributed by atoms with Crippen molar-refractivity contribution in [2.24, 2.45) is 0 Å². The number of aromatic amines is 1. The van der Waals surface area contributed by atoms with Crippen LogP contribution in [0, 0.1) is 0 Å². The van der Waals surface area contributed by atoms with E-state index in [1.165, 1.54) is 6.20 Å². The molecule has 0 saturated carbocycles. The Hall–Kier alpha value is -2.28. The average Bonchev–Trinajstić information content (AvgIpc) is 2.97. The van der Waals surface area contributed by atoms with Crippen molar-refractivity contribution in [2.45, 2.75) is 6.54 Å². The standard InChI is InChI=1S/C13H18N6O/c1-18(2)6-7-19(10-11-4-3-5-14-8-11)13(20)12-9-15-17-16-12/h3-5,8-9H,6-7,10H2,1-2H3,(H,15,16,17). The van der Waals surface area contributed by atoms with Gasteiger partial charge in [0.1, 0.15) is 0 Å². The van der Waals surface area contributed by atoms with Gasteiger partial charge in [-0.3, -0.25) is 9.78 Å². The van der Waals surface area contributed by atoms with Crippen molar-refractivity contribution in [3.05, 3.63) is 42.0 Å².